The van der Waals surface area contributed by atoms with Gasteiger partial charge in [0.1, 0.15) is 0 Å². The molecule has 0 bridgehead atoms. The summed E-state index contributed by atoms with van der Waals surface area (Å²) in [5, 5.41) is 23.2. The molecule has 0 aromatic rings. The number of rotatable bonds is 51. The van der Waals surface area contributed by atoms with Gasteiger partial charge in [-0.15, -0.1) is 0 Å². The van der Waals surface area contributed by atoms with Gasteiger partial charge in [0, 0.05) is 12.8 Å². The molecule has 0 aliphatic heterocycles. The van der Waals surface area contributed by atoms with Crippen LogP contribution < -0.4 is 5.32 Å². The van der Waals surface area contributed by atoms with E-state index in [1.54, 1.807) is 0 Å². The van der Waals surface area contributed by atoms with Gasteiger partial charge in [-0.2, -0.15) is 0 Å². The molecule has 62 heavy (non-hydrogen) atoms. The second kappa shape index (κ2) is 52.0. The van der Waals surface area contributed by atoms with E-state index in [2.05, 4.69) is 43.5 Å². The molecule has 2 atom stereocenters. The third-order valence-corrected chi connectivity index (χ3v) is 12.7. The fourth-order valence-corrected chi connectivity index (χ4v) is 8.45. The lowest BCUT2D eigenvalue weighted by molar-refractivity contribution is -0.143. The number of ether oxygens (including phenoxy) is 1. The summed E-state index contributed by atoms with van der Waals surface area (Å²) in [7, 11) is 0. The maximum absolute atomic E-state index is 12.4. The van der Waals surface area contributed by atoms with Crippen LogP contribution in [0.5, 0.6) is 0 Å². The summed E-state index contributed by atoms with van der Waals surface area (Å²) in [6.07, 6.45) is 61.5. The number of aliphatic hydroxyl groups is 2. The Bertz CT molecular complexity index is 966. The Morgan fingerprint density at radius 1 is 0.435 bits per heavy atom. The van der Waals surface area contributed by atoms with Crippen molar-refractivity contribution in [3.63, 3.8) is 0 Å². The normalized spacial score (nSPS) is 12.8. The van der Waals surface area contributed by atoms with Crippen molar-refractivity contribution in [3.05, 3.63) is 24.3 Å². The number of carbonyl (C=O) groups is 2. The molecule has 2 unspecified atom stereocenters. The van der Waals surface area contributed by atoms with Crippen LogP contribution in [0.15, 0.2) is 24.3 Å². The van der Waals surface area contributed by atoms with E-state index < -0.39 is 12.1 Å². The lowest BCUT2D eigenvalue weighted by Crippen LogP contribution is -2.45. The molecule has 3 N–H and O–H groups in total. The van der Waals surface area contributed by atoms with Crippen LogP contribution in [-0.2, 0) is 14.3 Å². The zero-order valence-corrected chi connectivity index (χ0v) is 41.6. The number of carbonyl (C=O) groups excluding carboxylic acids is 2. The number of aliphatic hydroxyl groups excluding tert-OH is 2. The molecular formula is C56H107NO5. The highest BCUT2D eigenvalue weighted by molar-refractivity contribution is 5.76. The molecule has 0 radical (unpaired) electrons. The summed E-state index contributed by atoms with van der Waals surface area (Å²) in [6, 6.07) is -0.553. The van der Waals surface area contributed by atoms with E-state index in [9.17, 15) is 19.8 Å². The first-order valence-corrected chi connectivity index (χ1v) is 27.6. The van der Waals surface area contributed by atoms with Crippen LogP contribution in [-0.4, -0.2) is 47.4 Å². The molecule has 1 amide bonds. The summed E-state index contributed by atoms with van der Waals surface area (Å²) in [5.74, 6) is -0.0625. The number of nitrogens with one attached hydrogen (secondary N) is 1. The molecule has 0 spiro atoms. The minimum atomic E-state index is -0.674. The third kappa shape index (κ3) is 47.8. The second-order valence-corrected chi connectivity index (χ2v) is 18.9. The van der Waals surface area contributed by atoms with Gasteiger partial charge in [0.05, 0.1) is 25.4 Å². The van der Waals surface area contributed by atoms with E-state index in [4.69, 9.17) is 4.74 Å². The molecule has 0 fully saturated rings. The van der Waals surface area contributed by atoms with Crippen molar-refractivity contribution in [2.75, 3.05) is 13.2 Å². The van der Waals surface area contributed by atoms with E-state index in [1.807, 2.05) is 0 Å². The second-order valence-electron chi connectivity index (χ2n) is 18.9. The lowest BCUT2D eigenvalue weighted by atomic mass is 10.0. The maximum atomic E-state index is 12.4. The minimum Gasteiger partial charge on any atom is -0.466 e. The monoisotopic (exact) mass is 874 g/mol. The van der Waals surface area contributed by atoms with Crippen LogP contribution in [0.25, 0.3) is 0 Å². The van der Waals surface area contributed by atoms with Gasteiger partial charge in [0.25, 0.3) is 0 Å². The minimum absolute atomic E-state index is 0.0107. The van der Waals surface area contributed by atoms with E-state index in [0.717, 1.165) is 64.2 Å². The van der Waals surface area contributed by atoms with Crippen molar-refractivity contribution in [1.82, 2.24) is 5.32 Å². The standard InChI is InChI=1S/C56H107NO5/c1-3-5-7-9-11-13-15-17-21-26-30-34-38-42-46-50-56(61)62-51-47-43-39-35-31-27-23-20-19-22-25-29-33-37-41-45-49-55(60)57-53(52-58)54(59)48-44-40-36-32-28-24-18-16-14-12-10-8-6-4-2/h17,19,21-22,53-54,58-59H,3-16,18,20,23-52H2,1-2H3,(H,57,60)/b21-17-,22-19-. The molecule has 6 heteroatoms. The third-order valence-electron chi connectivity index (χ3n) is 12.7. The highest BCUT2D eigenvalue weighted by Crippen LogP contribution is 2.16. The number of allylic oxidation sites excluding steroid dienone is 4. The van der Waals surface area contributed by atoms with Gasteiger partial charge in [0.2, 0.25) is 5.91 Å². The summed E-state index contributed by atoms with van der Waals surface area (Å²) >= 11 is 0. The summed E-state index contributed by atoms with van der Waals surface area (Å²) in [6.45, 7) is 4.92. The topological polar surface area (TPSA) is 95.9 Å². The Labute approximate surface area is 386 Å². The number of esters is 1. The molecule has 0 aliphatic carbocycles. The molecular weight excluding hydrogens is 767 g/mol. The number of hydrogen-bond acceptors (Lipinski definition) is 5. The van der Waals surface area contributed by atoms with Gasteiger partial charge in [0.15, 0.2) is 0 Å². The van der Waals surface area contributed by atoms with E-state index in [0.29, 0.717) is 25.9 Å². The molecule has 0 aromatic heterocycles. The van der Waals surface area contributed by atoms with Crippen LogP contribution in [0.4, 0.5) is 0 Å². The van der Waals surface area contributed by atoms with Crippen LogP contribution >= 0.6 is 0 Å². The molecule has 0 saturated carbocycles. The molecule has 366 valence electrons. The largest absolute Gasteiger partial charge is 0.466 e. The average molecular weight is 874 g/mol. The van der Waals surface area contributed by atoms with Crippen LogP contribution in [0.2, 0.25) is 0 Å². The molecule has 0 aromatic carbocycles. The predicted octanol–water partition coefficient (Wildman–Crippen LogP) is 16.7. The average Bonchev–Trinajstić information content (AvgIpc) is 3.27. The highest BCUT2D eigenvalue weighted by atomic mass is 16.5. The SMILES string of the molecule is CCCCCCCC/C=C\CCCCCCCC(=O)OCCCCCCCCC/C=C\CCCCCCCC(=O)NC(CO)C(O)CCCCCCCCCCCCCCCC. The maximum Gasteiger partial charge on any atom is 0.305 e. The Kier molecular flexibility index (Phi) is 50.6. The molecule has 0 rings (SSSR count). The Morgan fingerprint density at radius 3 is 1.15 bits per heavy atom. The first-order chi connectivity index (χ1) is 30.5. The van der Waals surface area contributed by atoms with Gasteiger partial charge >= 0.3 is 5.97 Å². The first-order valence-electron chi connectivity index (χ1n) is 27.6. The van der Waals surface area contributed by atoms with Crippen molar-refractivity contribution >= 4 is 11.9 Å². The Balaban J connectivity index is 3.46. The van der Waals surface area contributed by atoms with Crippen LogP contribution in [0, 0.1) is 0 Å². The molecule has 0 aliphatic rings. The first kappa shape index (κ1) is 60.3. The Morgan fingerprint density at radius 2 is 0.758 bits per heavy atom. The van der Waals surface area contributed by atoms with Crippen LogP contribution in [0.1, 0.15) is 296 Å². The summed E-state index contributed by atoms with van der Waals surface area (Å²) in [5.41, 5.74) is 0. The van der Waals surface area contributed by atoms with Crippen molar-refractivity contribution in [2.45, 2.75) is 309 Å². The number of hydrogen-bond donors (Lipinski definition) is 3. The van der Waals surface area contributed by atoms with Crippen molar-refractivity contribution in [3.8, 4) is 0 Å². The van der Waals surface area contributed by atoms with E-state index in [-0.39, 0.29) is 18.5 Å². The molecule has 6 nitrogen and oxygen atoms in total. The van der Waals surface area contributed by atoms with Crippen molar-refractivity contribution < 1.29 is 24.5 Å². The smallest absolute Gasteiger partial charge is 0.305 e. The molecule has 0 saturated heterocycles. The van der Waals surface area contributed by atoms with Crippen LogP contribution in [0.3, 0.4) is 0 Å². The predicted molar refractivity (Wildman–Crippen MR) is 269 cm³/mol. The zero-order valence-electron chi connectivity index (χ0n) is 41.6. The van der Waals surface area contributed by atoms with Gasteiger partial charge in [-0.05, 0) is 77.0 Å². The van der Waals surface area contributed by atoms with Gasteiger partial charge in [-0.3, -0.25) is 9.59 Å². The van der Waals surface area contributed by atoms with Gasteiger partial charge < -0.3 is 20.3 Å². The Hall–Kier alpha value is -1.66. The summed E-state index contributed by atoms with van der Waals surface area (Å²) < 4.78 is 5.46. The number of amides is 1. The fourth-order valence-electron chi connectivity index (χ4n) is 8.45. The highest BCUT2D eigenvalue weighted by Gasteiger charge is 2.20. The number of unbranched alkanes of at least 4 members (excludes halogenated alkanes) is 36. The quantitative estimate of drug-likeness (QED) is 0.0321. The van der Waals surface area contributed by atoms with Crippen molar-refractivity contribution in [2.24, 2.45) is 0 Å². The molecule has 0 heterocycles. The van der Waals surface area contributed by atoms with E-state index >= 15 is 0 Å². The lowest BCUT2D eigenvalue weighted by Gasteiger charge is -2.22. The van der Waals surface area contributed by atoms with E-state index in [1.165, 1.54) is 199 Å². The fraction of sp³-hybridized carbons (Fsp3) is 0.893. The van der Waals surface area contributed by atoms with Gasteiger partial charge in [-0.1, -0.05) is 231 Å². The van der Waals surface area contributed by atoms with Crippen molar-refractivity contribution in [1.29, 1.82) is 0 Å². The summed E-state index contributed by atoms with van der Waals surface area (Å²) in [4.78, 5) is 24.5. The zero-order chi connectivity index (χ0) is 45.1. The van der Waals surface area contributed by atoms with Gasteiger partial charge in [-0.25, -0.2) is 0 Å².